The van der Waals surface area contributed by atoms with Crippen LogP contribution >= 0.6 is 0 Å². The van der Waals surface area contributed by atoms with Gasteiger partial charge in [0.15, 0.2) is 11.5 Å². The molecule has 0 fully saturated rings. The first-order valence-corrected chi connectivity index (χ1v) is 5.24. The first-order chi connectivity index (χ1) is 8.72. The molecule has 3 nitrogen and oxygen atoms in total. The number of rotatable bonds is 3. The Balaban J connectivity index is 2.34. The Bertz CT molecular complexity index is 605. The zero-order valence-corrected chi connectivity index (χ0v) is 9.68. The molecule has 0 aliphatic heterocycles. The topological polar surface area (TPSA) is 42.2 Å². The second-order valence-corrected chi connectivity index (χ2v) is 3.54. The van der Waals surface area contributed by atoms with E-state index in [2.05, 4.69) is 0 Å². The molecule has 0 N–H and O–H groups in total. The Kier molecular flexibility index (Phi) is 3.44. The molecule has 0 aliphatic rings. The Labute approximate surface area is 104 Å². The van der Waals surface area contributed by atoms with Crippen molar-refractivity contribution in [2.75, 3.05) is 7.11 Å². The number of ether oxygens (including phenoxy) is 2. The van der Waals surface area contributed by atoms with Gasteiger partial charge in [0, 0.05) is 6.07 Å². The Hall–Kier alpha value is -2.54. The summed E-state index contributed by atoms with van der Waals surface area (Å²) in [7, 11) is 1.52. The normalized spacial score (nSPS) is 9.61. The summed E-state index contributed by atoms with van der Waals surface area (Å²) in [6.07, 6.45) is 0. The fourth-order valence-electron chi connectivity index (χ4n) is 1.52. The third-order valence-electron chi connectivity index (χ3n) is 2.30. The summed E-state index contributed by atoms with van der Waals surface area (Å²) in [5, 5.41) is 8.76. The van der Waals surface area contributed by atoms with E-state index in [4.69, 9.17) is 14.7 Å². The van der Waals surface area contributed by atoms with E-state index in [1.807, 2.05) is 6.07 Å². The summed E-state index contributed by atoms with van der Waals surface area (Å²) >= 11 is 0. The highest BCUT2D eigenvalue weighted by atomic mass is 19.1. The van der Waals surface area contributed by atoms with E-state index < -0.39 is 5.82 Å². The van der Waals surface area contributed by atoms with Crippen LogP contribution in [0.15, 0.2) is 42.5 Å². The molecule has 0 saturated heterocycles. The standard InChI is InChI=1S/C14H10FNO2/c1-17-13-4-2-3-5-14(13)18-12-7-10(9-16)6-11(15)8-12/h2-8H,1H3. The summed E-state index contributed by atoms with van der Waals surface area (Å²) in [6.45, 7) is 0. The van der Waals surface area contributed by atoms with Crippen LogP contribution in [0.4, 0.5) is 4.39 Å². The van der Waals surface area contributed by atoms with Crippen molar-refractivity contribution < 1.29 is 13.9 Å². The monoisotopic (exact) mass is 243 g/mol. The number of hydrogen-bond donors (Lipinski definition) is 0. The molecule has 0 spiro atoms. The number of benzene rings is 2. The lowest BCUT2D eigenvalue weighted by Gasteiger charge is -2.10. The van der Waals surface area contributed by atoms with Crippen LogP contribution in [0.2, 0.25) is 0 Å². The molecule has 0 bridgehead atoms. The molecule has 0 saturated carbocycles. The predicted octanol–water partition coefficient (Wildman–Crippen LogP) is 3.50. The molecule has 0 unspecified atom stereocenters. The summed E-state index contributed by atoms with van der Waals surface area (Å²) in [5.74, 6) is 0.754. The van der Waals surface area contributed by atoms with Gasteiger partial charge in [-0.25, -0.2) is 4.39 Å². The molecule has 4 heteroatoms. The van der Waals surface area contributed by atoms with Gasteiger partial charge in [0.1, 0.15) is 11.6 Å². The quantitative estimate of drug-likeness (QED) is 0.828. The number of methoxy groups -OCH3 is 1. The van der Waals surface area contributed by atoms with Crippen LogP contribution in [0.1, 0.15) is 5.56 Å². The van der Waals surface area contributed by atoms with E-state index >= 15 is 0 Å². The fourth-order valence-corrected chi connectivity index (χ4v) is 1.52. The maximum absolute atomic E-state index is 13.2. The van der Waals surface area contributed by atoms with E-state index in [0.717, 1.165) is 6.07 Å². The van der Waals surface area contributed by atoms with Gasteiger partial charge in [-0.1, -0.05) is 12.1 Å². The van der Waals surface area contributed by atoms with Crippen molar-refractivity contribution in [2.24, 2.45) is 0 Å². The predicted molar refractivity (Wildman–Crippen MR) is 64.2 cm³/mol. The molecule has 0 radical (unpaired) electrons. The molecule has 0 heterocycles. The lowest BCUT2D eigenvalue weighted by molar-refractivity contribution is 0.378. The lowest BCUT2D eigenvalue weighted by Crippen LogP contribution is -1.91. The Morgan fingerprint density at radius 3 is 2.50 bits per heavy atom. The van der Waals surface area contributed by atoms with Crippen LogP contribution in [0, 0.1) is 17.1 Å². The van der Waals surface area contributed by atoms with Crippen LogP contribution < -0.4 is 9.47 Å². The lowest BCUT2D eigenvalue weighted by atomic mass is 10.2. The highest BCUT2D eigenvalue weighted by Gasteiger charge is 2.06. The first kappa shape index (κ1) is 11.9. The highest BCUT2D eigenvalue weighted by Crippen LogP contribution is 2.31. The molecular formula is C14H10FNO2. The number of para-hydroxylation sites is 2. The molecule has 0 amide bonds. The van der Waals surface area contributed by atoms with Gasteiger partial charge >= 0.3 is 0 Å². The van der Waals surface area contributed by atoms with Crippen molar-refractivity contribution in [3.8, 4) is 23.3 Å². The van der Waals surface area contributed by atoms with Gasteiger partial charge in [-0.2, -0.15) is 5.26 Å². The summed E-state index contributed by atoms with van der Waals surface area (Å²) in [6, 6.07) is 12.7. The Morgan fingerprint density at radius 2 is 1.83 bits per heavy atom. The zero-order chi connectivity index (χ0) is 13.0. The number of halogens is 1. The van der Waals surface area contributed by atoms with Gasteiger partial charge in [0.2, 0.25) is 0 Å². The third kappa shape index (κ3) is 2.58. The molecule has 90 valence electrons. The number of nitriles is 1. The van der Waals surface area contributed by atoms with E-state index in [1.165, 1.54) is 19.2 Å². The number of nitrogens with zero attached hydrogens (tertiary/aromatic N) is 1. The summed E-state index contributed by atoms with van der Waals surface area (Å²) in [4.78, 5) is 0. The molecule has 0 aliphatic carbocycles. The second-order valence-electron chi connectivity index (χ2n) is 3.54. The summed E-state index contributed by atoms with van der Waals surface area (Å²) in [5.41, 5.74) is 0.208. The van der Waals surface area contributed by atoms with Gasteiger partial charge in [0.05, 0.1) is 18.7 Å². The van der Waals surface area contributed by atoms with E-state index in [9.17, 15) is 4.39 Å². The maximum atomic E-state index is 13.2. The van der Waals surface area contributed by atoms with Crippen molar-refractivity contribution in [3.63, 3.8) is 0 Å². The van der Waals surface area contributed by atoms with Crippen molar-refractivity contribution in [1.29, 1.82) is 5.26 Å². The summed E-state index contributed by atoms with van der Waals surface area (Å²) < 4.78 is 23.9. The molecule has 0 aromatic heterocycles. The van der Waals surface area contributed by atoms with Crippen molar-refractivity contribution in [1.82, 2.24) is 0 Å². The third-order valence-corrected chi connectivity index (χ3v) is 2.30. The largest absolute Gasteiger partial charge is 0.493 e. The van der Waals surface area contributed by atoms with E-state index in [1.54, 1.807) is 24.3 Å². The van der Waals surface area contributed by atoms with Crippen LogP contribution in [-0.4, -0.2) is 7.11 Å². The smallest absolute Gasteiger partial charge is 0.169 e. The molecule has 2 aromatic carbocycles. The second kappa shape index (κ2) is 5.19. The van der Waals surface area contributed by atoms with Crippen molar-refractivity contribution in [3.05, 3.63) is 53.8 Å². The molecule has 2 aromatic rings. The minimum atomic E-state index is -0.515. The van der Waals surface area contributed by atoms with Gasteiger partial charge in [-0.3, -0.25) is 0 Å². The highest BCUT2D eigenvalue weighted by molar-refractivity contribution is 5.44. The van der Waals surface area contributed by atoms with Crippen molar-refractivity contribution >= 4 is 0 Å². The average Bonchev–Trinajstić information content (AvgIpc) is 2.38. The van der Waals surface area contributed by atoms with Gasteiger partial charge < -0.3 is 9.47 Å². The number of hydrogen-bond acceptors (Lipinski definition) is 3. The van der Waals surface area contributed by atoms with Crippen molar-refractivity contribution in [2.45, 2.75) is 0 Å². The molecule has 2 rings (SSSR count). The SMILES string of the molecule is COc1ccccc1Oc1cc(F)cc(C#N)c1. The average molecular weight is 243 g/mol. The minimum Gasteiger partial charge on any atom is -0.493 e. The molecule has 18 heavy (non-hydrogen) atoms. The van der Waals surface area contributed by atoms with Gasteiger partial charge in [-0.05, 0) is 24.3 Å². The van der Waals surface area contributed by atoms with E-state index in [-0.39, 0.29) is 11.3 Å². The fraction of sp³-hybridized carbons (Fsp3) is 0.0714. The van der Waals surface area contributed by atoms with Crippen LogP contribution in [0.25, 0.3) is 0 Å². The first-order valence-electron chi connectivity index (χ1n) is 5.24. The molecular weight excluding hydrogens is 233 g/mol. The van der Waals surface area contributed by atoms with Crippen LogP contribution in [0.3, 0.4) is 0 Å². The minimum absolute atomic E-state index is 0.208. The zero-order valence-electron chi connectivity index (χ0n) is 9.68. The molecule has 0 atom stereocenters. The van der Waals surface area contributed by atoms with Gasteiger partial charge in [0.25, 0.3) is 0 Å². The van der Waals surface area contributed by atoms with Gasteiger partial charge in [-0.15, -0.1) is 0 Å². The van der Waals surface area contributed by atoms with Crippen LogP contribution in [0.5, 0.6) is 17.2 Å². The van der Waals surface area contributed by atoms with E-state index in [0.29, 0.717) is 11.5 Å². The van der Waals surface area contributed by atoms with Crippen LogP contribution in [-0.2, 0) is 0 Å². The Morgan fingerprint density at radius 1 is 1.11 bits per heavy atom. The maximum Gasteiger partial charge on any atom is 0.169 e.